The van der Waals surface area contributed by atoms with Crippen molar-refractivity contribution in [2.75, 3.05) is 6.61 Å². The monoisotopic (exact) mass is 325 g/mol. The number of imidazole rings is 1. The van der Waals surface area contributed by atoms with Crippen LogP contribution in [0.4, 0.5) is 0 Å². The van der Waals surface area contributed by atoms with Crippen molar-refractivity contribution in [2.24, 2.45) is 7.05 Å². The van der Waals surface area contributed by atoms with Crippen LogP contribution in [0.1, 0.15) is 16.7 Å². The van der Waals surface area contributed by atoms with Gasteiger partial charge in [-0.1, -0.05) is 18.2 Å². The zero-order valence-corrected chi connectivity index (χ0v) is 14.8. The highest BCUT2D eigenvalue weighted by Gasteiger charge is 2.18. The standard InChI is InChI=1S/C20H25N2O2/c1-14-7-5-6-8-20(14)24-12-17(23)11-22-13-21(4)18-9-15(2)16(3)10-19(18)22/h5-10,13,17,23H,11-12H2,1-4H3/q+1. The second kappa shape index (κ2) is 6.65. The Kier molecular flexibility index (Phi) is 4.58. The SMILES string of the molecule is Cc1cc2c(cc1C)[n+](C)cn2CC(O)COc1ccccc1C. The molecule has 0 saturated heterocycles. The minimum atomic E-state index is -0.568. The van der Waals surface area contributed by atoms with Gasteiger partial charge in [0.05, 0.1) is 7.05 Å². The number of hydrogen-bond donors (Lipinski definition) is 1. The summed E-state index contributed by atoms with van der Waals surface area (Å²) < 4.78 is 9.95. The highest BCUT2D eigenvalue weighted by molar-refractivity contribution is 5.74. The molecule has 2 aromatic carbocycles. The number of para-hydroxylation sites is 1. The lowest BCUT2D eigenvalue weighted by atomic mass is 10.1. The number of fused-ring (bicyclic) bond motifs is 1. The van der Waals surface area contributed by atoms with Crippen LogP contribution in [-0.2, 0) is 13.6 Å². The van der Waals surface area contributed by atoms with Gasteiger partial charge in [0.2, 0.25) is 6.33 Å². The first-order valence-corrected chi connectivity index (χ1v) is 8.28. The van der Waals surface area contributed by atoms with Crippen molar-refractivity contribution in [3.05, 3.63) is 59.4 Å². The predicted molar refractivity (Wildman–Crippen MR) is 95.3 cm³/mol. The molecule has 126 valence electrons. The summed E-state index contributed by atoms with van der Waals surface area (Å²) in [6.07, 6.45) is 1.46. The number of nitrogens with zero attached hydrogens (tertiary/aromatic N) is 2. The normalized spacial score (nSPS) is 12.5. The van der Waals surface area contributed by atoms with E-state index < -0.39 is 6.10 Å². The number of aliphatic hydroxyl groups is 1. The summed E-state index contributed by atoms with van der Waals surface area (Å²) >= 11 is 0. The molecule has 1 aromatic heterocycles. The molecule has 0 bridgehead atoms. The van der Waals surface area contributed by atoms with E-state index in [1.54, 1.807) is 0 Å². The molecule has 0 amide bonds. The number of aryl methyl sites for hydroxylation is 4. The molecule has 1 heterocycles. The predicted octanol–water partition coefficient (Wildman–Crippen LogP) is 2.83. The number of hydrogen-bond acceptors (Lipinski definition) is 2. The van der Waals surface area contributed by atoms with Gasteiger partial charge in [-0.25, -0.2) is 9.13 Å². The molecule has 0 fully saturated rings. The molecule has 0 spiro atoms. The van der Waals surface area contributed by atoms with E-state index in [1.807, 2.05) is 44.6 Å². The number of ether oxygens (including phenoxy) is 1. The van der Waals surface area contributed by atoms with Gasteiger partial charge in [0.1, 0.15) is 25.0 Å². The molecule has 4 nitrogen and oxygen atoms in total. The Balaban J connectivity index is 1.75. The number of aromatic nitrogens is 2. The Morgan fingerprint density at radius 3 is 2.54 bits per heavy atom. The van der Waals surface area contributed by atoms with E-state index in [9.17, 15) is 5.11 Å². The zero-order chi connectivity index (χ0) is 17.3. The molecule has 0 saturated carbocycles. The van der Waals surface area contributed by atoms with Crippen molar-refractivity contribution < 1.29 is 14.4 Å². The Labute approximate surface area is 142 Å². The molecule has 0 aliphatic heterocycles. The Morgan fingerprint density at radius 2 is 1.79 bits per heavy atom. The van der Waals surface area contributed by atoms with E-state index in [1.165, 1.54) is 16.6 Å². The largest absolute Gasteiger partial charge is 0.490 e. The minimum Gasteiger partial charge on any atom is -0.490 e. The lowest BCUT2D eigenvalue weighted by Gasteiger charge is -2.12. The first-order valence-electron chi connectivity index (χ1n) is 8.28. The summed E-state index contributed by atoms with van der Waals surface area (Å²) in [6.45, 7) is 7.03. The molecule has 3 rings (SSSR count). The van der Waals surface area contributed by atoms with Gasteiger partial charge in [-0.3, -0.25) is 0 Å². The Morgan fingerprint density at radius 1 is 1.08 bits per heavy atom. The van der Waals surface area contributed by atoms with Crippen LogP contribution in [0.5, 0.6) is 5.75 Å². The van der Waals surface area contributed by atoms with Gasteiger partial charge in [0.25, 0.3) is 0 Å². The van der Waals surface area contributed by atoms with E-state index in [4.69, 9.17) is 4.74 Å². The third-order valence-corrected chi connectivity index (χ3v) is 4.53. The van der Waals surface area contributed by atoms with Crippen LogP contribution in [0.2, 0.25) is 0 Å². The molecular weight excluding hydrogens is 300 g/mol. The van der Waals surface area contributed by atoms with Crippen LogP contribution in [0.3, 0.4) is 0 Å². The molecule has 0 aliphatic carbocycles. The fourth-order valence-corrected chi connectivity index (χ4v) is 2.96. The maximum Gasteiger partial charge on any atom is 0.244 e. The van der Waals surface area contributed by atoms with E-state index in [-0.39, 0.29) is 6.61 Å². The van der Waals surface area contributed by atoms with E-state index >= 15 is 0 Å². The topological polar surface area (TPSA) is 38.3 Å². The highest BCUT2D eigenvalue weighted by atomic mass is 16.5. The third kappa shape index (κ3) is 3.29. The van der Waals surface area contributed by atoms with Crippen molar-refractivity contribution >= 4 is 11.0 Å². The van der Waals surface area contributed by atoms with Gasteiger partial charge >= 0.3 is 0 Å². The van der Waals surface area contributed by atoms with Crippen LogP contribution in [0.15, 0.2) is 42.7 Å². The van der Waals surface area contributed by atoms with Crippen LogP contribution < -0.4 is 9.30 Å². The molecule has 3 aromatic rings. The van der Waals surface area contributed by atoms with Crippen LogP contribution in [0, 0.1) is 20.8 Å². The van der Waals surface area contributed by atoms with Crippen LogP contribution in [-0.4, -0.2) is 22.4 Å². The number of rotatable bonds is 5. The Bertz CT molecular complexity index is 867. The second-order valence-electron chi connectivity index (χ2n) is 6.53. The van der Waals surface area contributed by atoms with Gasteiger partial charge in [-0.15, -0.1) is 0 Å². The van der Waals surface area contributed by atoms with Crippen LogP contribution in [0.25, 0.3) is 11.0 Å². The van der Waals surface area contributed by atoms with Gasteiger partial charge in [-0.05, 0) is 55.7 Å². The highest BCUT2D eigenvalue weighted by Crippen LogP contribution is 2.19. The van der Waals surface area contributed by atoms with Gasteiger partial charge in [0.15, 0.2) is 11.0 Å². The van der Waals surface area contributed by atoms with E-state index in [0.717, 1.165) is 16.8 Å². The first-order chi connectivity index (χ1) is 11.5. The van der Waals surface area contributed by atoms with Crippen molar-refractivity contribution in [2.45, 2.75) is 33.4 Å². The van der Waals surface area contributed by atoms with Gasteiger partial charge in [-0.2, -0.15) is 0 Å². The lowest BCUT2D eigenvalue weighted by molar-refractivity contribution is -0.645. The summed E-state index contributed by atoms with van der Waals surface area (Å²) in [4.78, 5) is 0. The maximum atomic E-state index is 10.4. The maximum absolute atomic E-state index is 10.4. The summed E-state index contributed by atoms with van der Waals surface area (Å²) in [7, 11) is 2.03. The smallest absolute Gasteiger partial charge is 0.244 e. The summed E-state index contributed by atoms with van der Waals surface area (Å²) in [5.41, 5.74) is 5.92. The van der Waals surface area contributed by atoms with Crippen molar-refractivity contribution in [1.82, 2.24) is 4.57 Å². The fraction of sp³-hybridized carbons (Fsp3) is 0.350. The molecule has 0 radical (unpaired) electrons. The number of benzene rings is 2. The fourth-order valence-electron chi connectivity index (χ4n) is 2.96. The first kappa shape index (κ1) is 16.5. The quantitative estimate of drug-likeness (QED) is 0.733. The summed E-state index contributed by atoms with van der Waals surface area (Å²) in [5, 5.41) is 10.4. The average Bonchev–Trinajstić information content (AvgIpc) is 2.83. The number of aliphatic hydroxyl groups excluding tert-OH is 1. The summed E-state index contributed by atoms with van der Waals surface area (Å²) in [5.74, 6) is 0.825. The molecule has 1 atom stereocenters. The zero-order valence-electron chi connectivity index (χ0n) is 14.8. The third-order valence-electron chi connectivity index (χ3n) is 4.53. The molecule has 24 heavy (non-hydrogen) atoms. The van der Waals surface area contributed by atoms with Crippen LogP contribution >= 0.6 is 0 Å². The molecule has 1 unspecified atom stereocenters. The molecule has 0 aliphatic rings. The lowest BCUT2D eigenvalue weighted by Crippen LogP contribution is -2.27. The second-order valence-corrected chi connectivity index (χ2v) is 6.53. The molecule has 4 heteroatoms. The van der Waals surface area contributed by atoms with E-state index in [2.05, 4.69) is 35.1 Å². The molecule has 1 N–H and O–H groups in total. The molecular formula is C20H25N2O2+. The Hall–Kier alpha value is -2.33. The van der Waals surface area contributed by atoms with Gasteiger partial charge < -0.3 is 9.84 Å². The summed E-state index contributed by atoms with van der Waals surface area (Å²) in [6, 6.07) is 12.2. The van der Waals surface area contributed by atoms with Crippen molar-refractivity contribution in [3.8, 4) is 5.75 Å². The minimum absolute atomic E-state index is 0.277. The average molecular weight is 325 g/mol. The van der Waals surface area contributed by atoms with E-state index in [0.29, 0.717) is 6.54 Å². The van der Waals surface area contributed by atoms with Crippen molar-refractivity contribution in [1.29, 1.82) is 0 Å². The van der Waals surface area contributed by atoms with Gasteiger partial charge in [0, 0.05) is 0 Å². The van der Waals surface area contributed by atoms with Crippen molar-refractivity contribution in [3.63, 3.8) is 0 Å².